The van der Waals surface area contributed by atoms with Gasteiger partial charge in [0.05, 0.1) is 22.7 Å². The van der Waals surface area contributed by atoms with E-state index in [0.29, 0.717) is 22.3 Å². The average Bonchev–Trinajstić information content (AvgIpc) is 3.05. The van der Waals surface area contributed by atoms with Crippen LogP contribution in [0.15, 0.2) is 127 Å². The molecule has 0 fully saturated rings. The van der Waals surface area contributed by atoms with E-state index in [1.54, 1.807) is 91.0 Å². The third kappa shape index (κ3) is 5.25. The van der Waals surface area contributed by atoms with E-state index in [-0.39, 0.29) is 5.56 Å². The SMILES string of the molecule is N[C@@H]1c2c(ccc3ccccc23)[C@H](OC(=O)c2ccccc2)[C@@H](OC(=O)c2ccccc2)[C@H]1OC(=O)c1ccccc1. The van der Waals surface area contributed by atoms with Crippen LogP contribution in [-0.4, -0.2) is 30.1 Å². The first-order chi connectivity index (χ1) is 20.5. The fourth-order valence-corrected chi connectivity index (χ4v) is 5.34. The van der Waals surface area contributed by atoms with E-state index < -0.39 is 42.3 Å². The van der Waals surface area contributed by atoms with Crippen molar-refractivity contribution in [3.05, 3.63) is 155 Å². The van der Waals surface area contributed by atoms with E-state index >= 15 is 0 Å². The van der Waals surface area contributed by atoms with Gasteiger partial charge in [0, 0.05) is 5.56 Å². The lowest BCUT2D eigenvalue weighted by molar-refractivity contribution is -0.103. The number of esters is 3. The molecule has 0 radical (unpaired) electrons. The van der Waals surface area contributed by atoms with Gasteiger partial charge in [-0.1, -0.05) is 91.0 Å². The van der Waals surface area contributed by atoms with E-state index in [4.69, 9.17) is 19.9 Å². The molecule has 1 aliphatic rings. The van der Waals surface area contributed by atoms with Gasteiger partial charge in [0.2, 0.25) is 0 Å². The number of carbonyl (C=O) groups is 3. The highest BCUT2D eigenvalue weighted by molar-refractivity contribution is 5.92. The number of nitrogens with two attached hydrogens (primary N) is 1. The molecule has 7 heteroatoms. The fourth-order valence-electron chi connectivity index (χ4n) is 5.34. The first-order valence-electron chi connectivity index (χ1n) is 13.6. The minimum absolute atomic E-state index is 0.289. The summed E-state index contributed by atoms with van der Waals surface area (Å²) in [7, 11) is 0. The topological polar surface area (TPSA) is 105 Å². The molecule has 6 rings (SSSR count). The Morgan fingerprint density at radius 3 is 1.50 bits per heavy atom. The van der Waals surface area contributed by atoms with Gasteiger partial charge in [0.25, 0.3) is 0 Å². The summed E-state index contributed by atoms with van der Waals surface area (Å²) in [5.74, 6) is -1.93. The molecule has 208 valence electrons. The van der Waals surface area contributed by atoms with Crippen LogP contribution in [0.4, 0.5) is 0 Å². The summed E-state index contributed by atoms with van der Waals surface area (Å²) < 4.78 is 18.2. The highest BCUT2D eigenvalue weighted by Gasteiger charge is 2.49. The molecule has 0 unspecified atom stereocenters. The van der Waals surface area contributed by atoms with Gasteiger partial charge in [0.15, 0.2) is 18.3 Å². The Hall–Kier alpha value is -5.27. The van der Waals surface area contributed by atoms with Gasteiger partial charge >= 0.3 is 17.9 Å². The van der Waals surface area contributed by atoms with E-state index in [9.17, 15) is 14.4 Å². The van der Waals surface area contributed by atoms with E-state index in [2.05, 4.69) is 0 Å². The molecule has 0 spiro atoms. The molecule has 7 nitrogen and oxygen atoms in total. The zero-order valence-electron chi connectivity index (χ0n) is 22.5. The molecule has 0 saturated heterocycles. The van der Waals surface area contributed by atoms with Crippen LogP contribution < -0.4 is 5.73 Å². The van der Waals surface area contributed by atoms with Crippen molar-refractivity contribution in [2.45, 2.75) is 24.4 Å². The van der Waals surface area contributed by atoms with E-state index in [1.165, 1.54) is 0 Å². The van der Waals surface area contributed by atoms with Gasteiger partial charge in [0.1, 0.15) is 0 Å². The number of rotatable bonds is 6. The van der Waals surface area contributed by atoms with Crippen molar-refractivity contribution in [1.82, 2.24) is 0 Å². The Kier molecular flexibility index (Phi) is 7.49. The highest BCUT2D eigenvalue weighted by Crippen LogP contribution is 2.44. The predicted octanol–water partition coefficient (Wildman–Crippen LogP) is 6.20. The minimum atomic E-state index is -1.25. The van der Waals surface area contributed by atoms with Gasteiger partial charge in [-0.15, -0.1) is 0 Å². The van der Waals surface area contributed by atoms with Gasteiger partial charge < -0.3 is 19.9 Å². The quantitative estimate of drug-likeness (QED) is 0.196. The van der Waals surface area contributed by atoms with Crippen molar-refractivity contribution >= 4 is 28.7 Å². The second kappa shape index (κ2) is 11.7. The molecule has 0 aromatic heterocycles. The van der Waals surface area contributed by atoms with Crippen molar-refractivity contribution in [2.75, 3.05) is 0 Å². The molecule has 1 aliphatic carbocycles. The third-order valence-corrected chi connectivity index (χ3v) is 7.37. The smallest absolute Gasteiger partial charge is 0.338 e. The standard InChI is InChI=1S/C35H27NO6/c36-29-28-26-19-11-10-12-22(26)20-21-27(28)30(40-33(37)23-13-4-1-5-14-23)32(42-35(39)25-17-8-3-9-18-25)31(29)41-34(38)24-15-6-2-7-16-24/h1-21,29-32H,36H2/t29-,30+,31+,32-/m1/s1. The molecular weight excluding hydrogens is 530 g/mol. The van der Waals surface area contributed by atoms with Gasteiger partial charge in [-0.3, -0.25) is 0 Å². The number of hydrogen-bond acceptors (Lipinski definition) is 7. The molecule has 5 aromatic rings. The lowest BCUT2D eigenvalue weighted by atomic mass is 9.79. The predicted molar refractivity (Wildman–Crippen MR) is 157 cm³/mol. The Labute approximate surface area is 242 Å². The summed E-state index contributed by atoms with van der Waals surface area (Å²) in [6.45, 7) is 0. The maximum atomic E-state index is 13.4. The molecule has 4 atom stereocenters. The van der Waals surface area contributed by atoms with E-state index in [0.717, 1.165) is 10.8 Å². The largest absolute Gasteiger partial charge is 0.453 e. The average molecular weight is 558 g/mol. The monoisotopic (exact) mass is 557 g/mol. The highest BCUT2D eigenvalue weighted by atomic mass is 16.6. The summed E-state index contributed by atoms with van der Waals surface area (Å²) in [6, 6.07) is 35.9. The van der Waals surface area contributed by atoms with Gasteiger partial charge in [-0.25, -0.2) is 14.4 Å². The van der Waals surface area contributed by atoms with Crippen molar-refractivity contribution in [3.8, 4) is 0 Å². The zero-order chi connectivity index (χ0) is 29.1. The first kappa shape index (κ1) is 26.9. The molecule has 0 bridgehead atoms. The lowest BCUT2D eigenvalue weighted by Gasteiger charge is -2.41. The summed E-state index contributed by atoms with van der Waals surface area (Å²) in [4.78, 5) is 40.2. The Morgan fingerprint density at radius 1 is 0.500 bits per heavy atom. The number of fused-ring (bicyclic) bond motifs is 3. The molecule has 42 heavy (non-hydrogen) atoms. The van der Waals surface area contributed by atoms with Crippen molar-refractivity contribution in [2.24, 2.45) is 5.73 Å². The fraction of sp³-hybridized carbons (Fsp3) is 0.114. The van der Waals surface area contributed by atoms with Crippen LogP contribution in [0.2, 0.25) is 0 Å². The molecule has 5 aromatic carbocycles. The molecule has 0 amide bonds. The normalized spacial score (nSPS) is 19.4. The van der Waals surface area contributed by atoms with Crippen LogP contribution in [0.5, 0.6) is 0 Å². The minimum Gasteiger partial charge on any atom is -0.453 e. The van der Waals surface area contributed by atoms with Crippen LogP contribution in [-0.2, 0) is 14.2 Å². The molecule has 2 N–H and O–H groups in total. The molecule has 0 aliphatic heterocycles. The van der Waals surface area contributed by atoms with Gasteiger partial charge in [-0.2, -0.15) is 0 Å². The maximum Gasteiger partial charge on any atom is 0.338 e. The summed E-state index contributed by atoms with van der Waals surface area (Å²) >= 11 is 0. The van der Waals surface area contributed by atoms with Crippen LogP contribution in [0, 0.1) is 0 Å². The lowest BCUT2D eigenvalue weighted by Crippen LogP contribution is -2.50. The van der Waals surface area contributed by atoms with Crippen molar-refractivity contribution < 1.29 is 28.6 Å². The summed E-state index contributed by atoms with van der Waals surface area (Å²) in [5.41, 5.74) is 9.02. The maximum absolute atomic E-state index is 13.4. The molecule has 0 saturated carbocycles. The third-order valence-electron chi connectivity index (χ3n) is 7.37. The van der Waals surface area contributed by atoms with Crippen LogP contribution >= 0.6 is 0 Å². The zero-order valence-corrected chi connectivity index (χ0v) is 22.5. The Bertz CT molecular complexity index is 1740. The molecule has 0 heterocycles. The number of carbonyl (C=O) groups excluding carboxylic acids is 3. The summed E-state index contributed by atoms with van der Waals surface area (Å²) in [6.07, 6.45) is -3.56. The first-order valence-corrected chi connectivity index (χ1v) is 13.6. The Morgan fingerprint density at radius 2 is 0.952 bits per heavy atom. The number of hydrogen-bond donors (Lipinski definition) is 1. The number of benzene rings is 5. The van der Waals surface area contributed by atoms with Crippen LogP contribution in [0.1, 0.15) is 54.3 Å². The second-order valence-corrected chi connectivity index (χ2v) is 9.98. The van der Waals surface area contributed by atoms with Crippen molar-refractivity contribution in [3.63, 3.8) is 0 Å². The van der Waals surface area contributed by atoms with Gasteiger partial charge in [-0.05, 0) is 52.7 Å². The van der Waals surface area contributed by atoms with Crippen LogP contribution in [0.25, 0.3) is 10.8 Å². The molecular formula is C35H27NO6. The van der Waals surface area contributed by atoms with Crippen LogP contribution in [0.3, 0.4) is 0 Å². The second-order valence-electron chi connectivity index (χ2n) is 9.98. The Balaban J connectivity index is 1.48. The van der Waals surface area contributed by atoms with E-state index in [1.807, 2.05) is 36.4 Å². The summed E-state index contributed by atoms with van der Waals surface area (Å²) in [5, 5.41) is 1.73. The van der Waals surface area contributed by atoms with Crippen molar-refractivity contribution in [1.29, 1.82) is 0 Å². The number of ether oxygens (including phenoxy) is 3.